The second-order valence-corrected chi connectivity index (χ2v) is 5.72. The third kappa shape index (κ3) is 1.82. The first kappa shape index (κ1) is 12.4. The van der Waals surface area contributed by atoms with Gasteiger partial charge in [0.2, 0.25) is 0 Å². The van der Waals surface area contributed by atoms with E-state index in [9.17, 15) is 4.79 Å². The van der Waals surface area contributed by atoms with Crippen molar-refractivity contribution in [2.75, 3.05) is 5.73 Å². The number of hydrogen-bond donors (Lipinski definition) is 1. The van der Waals surface area contributed by atoms with Crippen LogP contribution in [0.2, 0.25) is 0 Å². The molecule has 0 saturated carbocycles. The molecule has 21 heavy (non-hydrogen) atoms. The minimum Gasteiger partial charge on any atom is -0.381 e. The van der Waals surface area contributed by atoms with Gasteiger partial charge in [-0.05, 0) is 24.8 Å². The Bertz CT molecular complexity index is 743. The van der Waals surface area contributed by atoms with Gasteiger partial charge < -0.3 is 10.3 Å². The lowest BCUT2D eigenvalue weighted by Gasteiger charge is -2.19. The molecule has 0 bridgehead atoms. The van der Waals surface area contributed by atoms with Crippen molar-refractivity contribution in [1.29, 1.82) is 0 Å². The Balaban J connectivity index is 1.82. The Kier molecular flexibility index (Phi) is 2.70. The van der Waals surface area contributed by atoms with E-state index in [1.807, 2.05) is 18.2 Å². The second kappa shape index (κ2) is 4.58. The molecule has 0 saturated heterocycles. The fourth-order valence-electron chi connectivity index (χ4n) is 3.57. The van der Waals surface area contributed by atoms with Gasteiger partial charge in [-0.15, -0.1) is 0 Å². The fourth-order valence-corrected chi connectivity index (χ4v) is 3.57. The number of carbonyl (C=O) groups is 1. The number of anilines is 1. The van der Waals surface area contributed by atoms with Crippen molar-refractivity contribution in [2.45, 2.75) is 31.6 Å². The molecule has 4 rings (SSSR count). The molecule has 2 aliphatic rings. The van der Waals surface area contributed by atoms with Gasteiger partial charge >= 0.3 is 0 Å². The molecular weight excluding hydrogens is 264 g/mol. The molecule has 1 aromatic heterocycles. The zero-order valence-corrected chi connectivity index (χ0v) is 11.6. The van der Waals surface area contributed by atoms with Crippen molar-refractivity contribution in [3.63, 3.8) is 0 Å². The number of aromatic nitrogens is 1. The normalized spacial score (nSPS) is 20.6. The van der Waals surface area contributed by atoms with Crippen LogP contribution in [-0.4, -0.2) is 10.9 Å². The molecule has 1 aromatic carbocycles. The number of nitrogen functional groups attached to an aromatic ring is 1. The number of fused-ring (bicyclic) bond motifs is 2. The average Bonchev–Trinajstić information content (AvgIpc) is 3.01. The summed E-state index contributed by atoms with van der Waals surface area (Å²) in [6, 6.07) is 10.2. The molecule has 0 radical (unpaired) electrons. The first-order valence-corrected chi connectivity index (χ1v) is 7.31. The second-order valence-electron chi connectivity index (χ2n) is 5.72. The van der Waals surface area contributed by atoms with E-state index in [0.717, 1.165) is 41.7 Å². The van der Waals surface area contributed by atoms with Crippen LogP contribution < -0.4 is 5.73 Å². The summed E-state index contributed by atoms with van der Waals surface area (Å²) in [7, 11) is 0. The molecule has 0 amide bonds. The topological polar surface area (TPSA) is 69.1 Å². The Labute approximate surface area is 122 Å². The number of ketones is 1. The Morgan fingerprint density at radius 2 is 2.05 bits per heavy atom. The van der Waals surface area contributed by atoms with E-state index in [0.29, 0.717) is 12.2 Å². The van der Waals surface area contributed by atoms with Gasteiger partial charge in [0.1, 0.15) is 0 Å². The van der Waals surface area contributed by atoms with E-state index in [2.05, 4.69) is 17.3 Å². The lowest BCUT2D eigenvalue weighted by molar-refractivity contribution is -0.116. The number of benzene rings is 1. The number of allylic oxidation sites excluding steroid dienone is 2. The molecule has 2 N–H and O–H groups in total. The van der Waals surface area contributed by atoms with E-state index >= 15 is 0 Å². The van der Waals surface area contributed by atoms with Crippen LogP contribution in [-0.2, 0) is 11.2 Å². The number of hydrogen-bond acceptors (Lipinski definition) is 4. The van der Waals surface area contributed by atoms with Crippen LogP contribution in [0.25, 0.3) is 5.57 Å². The highest BCUT2D eigenvalue weighted by molar-refractivity contribution is 6.08. The number of rotatable bonds is 2. The zero-order valence-electron chi connectivity index (χ0n) is 11.6. The SMILES string of the molecule is Nc1noc2c1C(Cc1ccccc1)C1=C2CCCC1=O. The van der Waals surface area contributed by atoms with E-state index in [1.165, 1.54) is 5.56 Å². The number of nitrogens with zero attached hydrogens (tertiary/aromatic N) is 1. The maximum absolute atomic E-state index is 12.4. The van der Waals surface area contributed by atoms with E-state index < -0.39 is 0 Å². The molecule has 2 aliphatic carbocycles. The summed E-state index contributed by atoms with van der Waals surface area (Å²) in [5.41, 5.74) is 10.0. The van der Waals surface area contributed by atoms with E-state index in [4.69, 9.17) is 10.3 Å². The van der Waals surface area contributed by atoms with Crippen molar-refractivity contribution in [3.8, 4) is 0 Å². The van der Waals surface area contributed by atoms with Gasteiger partial charge in [0.15, 0.2) is 17.4 Å². The number of carbonyl (C=O) groups excluding carboxylic acids is 1. The van der Waals surface area contributed by atoms with Gasteiger partial charge in [-0.2, -0.15) is 0 Å². The quantitative estimate of drug-likeness (QED) is 0.917. The van der Waals surface area contributed by atoms with E-state index in [1.54, 1.807) is 0 Å². The van der Waals surface area contributed by atoms with Gasteiger partial charge in [-0.3, -0.25) is 4.79 Å². The van der Waals surface area contributed by atoms with Crippen molar-refractivity contribution in [2.24, 2.45) is 0 Å². The Morgan fingerprint density at radius 3 is 2.86 bits per heavy atom. The smallest absolute Gasteiger partial charge is 0.171 e. The third-order valence-electron chi connectivity index (χ3n) is 4.47. The minimum atomic E-state index is -0.00329. The number of Topliss-reactive ketones (excluding diaryl/α,β-unsaturated/α-hetero) is 1. The molecule has 2 aromatic rings. The average molecular weight is 280 g/mol. The fraction of sp³-hybridized carbons (Fsp3) is 0.294. The summed E-state index contributed by atoms with van der Waals surface area (Å²) in [5, 5.41) is 3.90. The zero-order chi connectivity index (χ0) is 14.4. The van der Waals surface area contributed by atoms with Crippen LogP contribution in [0.5, 0.6) is 0 Å². The first-order valence-electron chi connectivity index (χ1n) is 7.31. The molecule has 106 valence electrons. The van der Waals surface area contributed by atoms with Gasteiger partial charge in [0.25, 0.3) is 0 Å². The highest BCUT2D eigenvalue weighted by Gasteiger charge is 2.41. The predicted octanol–water partition coefficient (Wildman–Crippen LogP) is 3.10. The van der Waals surface area contributed by atoms with Crippen molar-refractivity contribution in [3.05, 3.63) is 52.8 Å². The molecule has 1 unspecified atom stereocenters. The first-order chi connectivity index (χ1) is 10.3. The van der Waals surface area contributed by atoms with Crippen molar-refractivity contribution in [1.82, 2.24) is 5.16 Å². The molecule has 0 aliphatic heterocycles. The maximum atomic E-state index is 12.4. The lowest BCUT2D eigenvalue weighted by atomic mass is 9.83. The summed E-state index contributed by atoms with van der Waals surface area (Å²) in [4.78, 5) is 12.4. The standard InChI is InChI=1S/C17H16N2O2/c18-17-15-12(9-10-5-2-1-3-6-10)14-11(16(15)21-19-17)7-4-8-13(14)20/h1-3,5-6,12H,4,7-9H2,(H2,18,19). The molecular formula is C17H16N2O2. The minimum absolute atomic E-state index is 0.00329. The summed E-state index contributed by atoms with van der Waals surface area (Å²) < 4.78 is 5.41. The molecule has 0 spiro atoms. The van der Waals surface area contributed by atoms with Gasteiger partial charge in [-0.1, -0.05) is 35.5 Å². The van der Waals surface area contributed by atoms with Crippen LogP contribution in [0.1, 0.15) is 42.1 Å². The Hall–Kier alpha value is -2.36. The summed E-state index contributed by atoms with van der Waals surface area (Å²) in [5.74, 6) is 1.41. The highest BCUT2D eigenvalue weighted by atomic mass is 16.5. The van der Waals surface area contributed by atoms with E-state index in [-0.39, 0.29) is 11.7 Å². The lowest BCUT2D eigenvalue weighted by Crippen LogP contribution is -2.15. The monoisotopic (exact) mass is 280 g/mol. The molecule has 1 heterocycles. The van der Waals surface area contributed by atoms with Crippen molar-refractivity contribution < 1.29 is 9.32 Å². The van der Waals surface area contributed by atoms with Crippen LogP contribution in [0.15, 0.2) is 40.4 Å². The molecule has 4 nitrogen and oxygen atoms in total. The van der Waals surface area contributed by atoms with Crippen LogP contribution in [0.3, 0.4) is 0 Å². The molecule has 1 atom stereocenters. The predicted molar refractivity (Wildman–Crippen MR) is 79.6 cm³/mol. The molecule has 4 heteroatoms. The van der Waals surface area contributed by atoms with Gasteiger partial charge in [0.05, 0.1) is 5.56 Å². The molecule has 0 fully saturated rings. The maximum Gasteiger partial charge on any atom is 0.171 e. The van der Waals surface area contributed by atoms with Crippen LogP contribution >= 0.6 is 0 Å². The van der Waals surface area contributed by atoms with Gasteiger partial charge in [0, 0.05) is 23.5 Å². The summed E-state index contributed by atoms with van der Waals surface area (Å²) >= 11 is 0. The summed E-state index contributed by atoms with van der Waals surface area (Å²) in [6.07, 6.45) is 3.16. The number of nitrogens with two attached hydrogens (primary N) is 1. The largest absolute Gasteiger partial charge is 0.381 e. The third-order valence-corrected chi connectivity index (χ3v) is 4.47. The van der Waals surface area contributed by atoms with Crippen LogP contribution in [0, 0.1) is 0 Å². The van der Waals surface area contributed by atoms with Gasteiger partial charge in [-0.25, -0.2) is 0 Å². The van der Waals surface area contributed by atoms with Crippen molar-refractivity contribution >= 4 is 17.2 Å². The van der Waals surface area contributed by atoms with Crippen LogP contribution in [0.4, 0.5) is 5.82 Å². The Morgan fingerprint density at radius 1 is 1.24 bits per heavy atom. The summed E-state index contributed by atoms with van der Waals surface area (Å²) in [6.45, 7) is 0. The highest BCUT2D eigenvalue weighted by Crippen LogP contribution is 2.50.